The van der Waals surface area contributed by atoms with Crippen LogP contribution in [-0.4, -0.2) is 34.5 Å². The van der Waals surface area contributed by atoms with E-state index in [0.717, 1.165) is 0 Å². The monoisotopic (exact) mass is 353 g/mol. The fourth-order valence-electron chi connectivity index (χ4n) is 1.88. The Morgan fingerprint density at radius 3 is 2.60 bits per heavy atom. The van der Waals surface area contributed by atoms with Crippen molar-refractivity contribution < 1.29 is 22.8 Å². The van der Waals surface area contributed by atoms with Crippen LogP contribution >= 0.6 is 0 Å². The molecule has 2 rings (SSSR count). The van der Waals surface area contributed by atoms with Gasteiger partial charge in [-0.05, 0) is 24.6 Å². The van der Waals surface area contributed by atoms with E-state index in [2.05, 4.69) is 15.3 Å². The quantitative estimate of drug-likeness (QED) is 0.778. The molecule has 0 aliphatic rings. The molecule has 0 saturated heterocycles. The van der Waals surface area contributed by atoms with Gasteiger partial charge in [-0.2, -0.15) is 13.2 Å². The number of aromatic nitrogens is 2. The molecule has 0 radical (unpaired) electrons. The smallest absolute Gasteiger partial charge is 0.383 e. The number of nitrogens with zero attached hydrogens (tertiary/aromatic N) is 2. The van der Waals surface area contributed by atoms with Gasteiger partial charge in [0.15, 0.2) is 0 Å². The molecule has 10 heteroatoms. The minimum absolute atomic E-state index is 0.0239. The Hall–Kier alpha value is -3.17. The van der Waals surface area contributed by atoms with Crippen molar-refractivity contribution in [2.75, 3.05) is 17.6 Å². The number of nitrogens with one attached hydrogen (secondary N) is 2. The number of aryl methyl sites for hydroxylation is 1. The standard InChI is InChI=1S/C15H14F3N5O2/c1-8-2-3-9(13(24)21-6-15(16,17)18)4-11(8)23-14(25)10-5-20-7-22-12(10)19/h2-5,7H,6H2,1H3,(H,21,24)(H,23,25)(H2,19,20,22). The van der Waals surface area contributed by atoms with Crippen molar-refractivity contribution in [3.05, 3.63) is 47.4 Å². The van der Waals surface area contributed by atoms with Crippen LogP contribution in [0.3, 0.4) is 0 Å². The number of hydrogen-bond acceptors (Lipinski definition) is 5. The van der Waals surface area contributed by atoms with E-state index in [1.165, 1.54) is 30.7 Å². The van der Waals surface area contributed by atoms with Crippen LogP contribution in [0.25, 0.3) is 0 Å². The number of carbonyl (C=O) groups is 2. The lowest BCUT2D eigenvalue weighted by Crippen LogP contribution is -2.33. The molecule has 2 aromatic rings. The van der Waals surface area contributed by atoms with Gasteiger partial charge in [0.05, 0.1) is 0 Å². The minimum Gasteiger partial charge on any atom is -0.383 e. The highest BCUT2D eigenvalue weighted by Gasteiger charge is 2.28. The van der Waals surface area contributed by atoms with Crippen molar-refractivity contribution in [1.29, 1.82) is 0 Å². The SMILES string of the molecule is Cc1ccc(C(=O)NCC(F)(F)F)cc1NC(=O)c1cncnc1N. The van der Waals surface area contributed by atoms with Crippen molar-refractivity contribution in [3.63, 3.8) is 0 Å². The van der Waals surface area contributed by atoms with Crippen molar-refractivity contribution >= 4 is 23.3 Å². The summed E-state index contributed by atoms with van der Waals surface area (Å²) in [5, 5.41) is 4.30. The number of nitrogens with two attached hydrogens (primary N) is 1. The first kappa shape index (κ1) is 18.2. The van der Waals surface area contributed by atoms with Crippen LogP contribution in [0.5, 0.6) is 0 Å². The lowest BCUT2D eigenvalue weighted by atomic mass is 10.1. The molecule has 1 aromatic heterocycles. The van der Waals surface area contributed by atoms with E-state index in [9.17, 15) is 22.8 Å². The summed E-state index contributed by atoms with van der Waals surface area (Å²) in [7, 11) is 0. The number of amides is 2. The number of nitrogen functional groups attached to an aromatic ring is 1. The first-order valence-corrected chi connectivity index (χ1v) is 7.00. The third-order valence-corrected chi connectivity index (χ3v) is 3.19. The number of rotatable bonds is 4. The van der Waals surface area contributed by atoms with E-state index in [1.54, 1.807) is 12.2 Å². The molecule has 2 amide bonds. The second-order valence-corrected chi connectivity index (χ2v) is 5.10. The van der Waals surface area contributed by atoms with Crippen LogP contribution in [-0.2, 0) is 0 Å². The molecular weight excluding hydrogens is 339 g/mol. The normalized spacial score (nSPS) is 11.0. The average molecular weight is 353 g/mol. The third kappa shape index (κ3) is 4.90. The van der Waals surface area contributed by atoms with Crippen LogP contribution < -0.4 is 16.4 Å². The summed E-state index contributed by atoms with van der Waals surface area (Å²) < 4.78 is 36.5. The lowest BCUT2D eigenvalue weighted by molar-refractivity contribution is -0.123. The Kier molecular flexibility index (Phi) is 5.20. The summed E-state index contributed by atoms with van der Waals surface area (Å²) >= 11 is 0. The number of halogens is 3. The van der Waals surface area contributed by atoms with E-state index in [1.807, 2.05) is 0 Å². The van der Waals surface area contributed by atoms with Crippen LogP contribution in [0.2, 0.25) is 0 Å². The summed E-state index contributed by atoms with van der Waals surface area (Å²) in [6, 6.07) is 4.14. The van der Waals surface area contributed by atoms with Gasteiger partial charge in [-0.3, -0.25) is 9.59 Å². The van der Waals surface area contributed by atoms with Crippen molar-refractivity contribution in [1.82, 2.24) is 15.3 Å². The van der Waals surface area contributed by atoms with E-state index < -0.39 is 24.5 Å². The molecule has 0 saturated carbocycles. The van der Waals surface area contributed by atoms with E-state index in [4.69, 9.17) is 5.73 Å². The number of hydrogen-bond donors (Lipinski definition) is 3. The highest BCUT2D eigenvalue weighted by atomic mass is 19.4. The van der Waals surface area contributed by atoms with Crippen LogP contribution in [0.1, 0.15) is 26.3 Å². The zero-order valence-electron chi connectivity index (χ0n) is 13.0. The summed E-state index contributed by atoms with van der Waals surface area (Å²) in [6.07, 6.45) is -2.10. The number of alkyl halides is 3. The number of anilines is 2. The second-order valence-electron chi connectivity index (χ2n) is 5.10. The maximum absolute atomic E-state index is 12.2. The summed E-state index contributed by atoms with van der Waals surface area (Å²) in [5.41, 5.74) is 6.46. The average Bonchev–Trinajstić information content (AvgIpc) is 2.54. The van der Waals surface area contributed by atoms with Gasteiger partial charge < -0.3 is 16.4 Å². The predicted octanol–water partition coefficient (Wildman–Crippen LogP) is 1.91. The van der Waals surface area contributed by atoms with Gasteiger partial charge >= 0.3 is 6.18 Å². The third-order valence-electron chi connectivity index (χ3n) is 3.19. The molecular formula is C15H14F3N5O2. The molecule has 132 valence electrons. The van der Waals surface area contributed by atoms with Crippen molar-refractivity contribution in [2.24, 2.45) is 0 Å². The topological polar surface area (TPSA) is 110 Å². The van der Waals surface area contributed by atoms with Gasteiger partial charge in [0.1, 0.15) is 24.3 Å². The molecule has 1 heterocycles. The van der Waals surface area contributed by atoms with Crippen LogP contribution in [0, 0.1) is 6.92 Å². The fraction of sp³-hybridized carbons (Fsp3) is 0.200. The van der Waals surface area contributed by atoms with Gasteiger partial charge in [0.25, 0.3) is 11.8 Å². The molecule has 25 heavy (non-hydrogen) atoms. The van der Waals surface area contributed by atoms with Crippen molar-refractivity contribution in [3.8, 4) is 0 Å². The van der Waals surface area contributed by atoms with Gasteiger partial charge in [0.2, 0.25) is 0 Å². The maximum Gasteiger partial charge on any atom is 0.405 e. The Morgan fingerprint density at radius 2 is 1.96 bits per heavy atom. The van der Waals surface area contributed by atoms with E-state index in [0.29, 0.717) is 5.56 Å². The largest absolute Gasteiger partial charge is 0.405 e. The van der Waals surface area contributed by atoms with Crippen LogP contribution in [0.4, 0.5) is 24.7 Å². The molecule has 0 fully saturated rings. The van der Waals surface area contributed by atoms with Gasteiger partial charge in [-0.25, -0.2) is 9.97 Å². The summed E-state index contributed by atoms with van der Waals surface area (Å²) in [5.74, 6) is -1.53. The molecule has 0 aliphatic carbocycles. The first-order valence-electron chi connectivity index (χ1n) is 7.00. The molecule has 1 aromatic carbocycles. The summed E-state index contributed by atoms with van der Waals surface area (Å²) in [4.78, 5) is 31.4. The molecule has 0 aliphatic heterocycles. The minimum atomic E-state index is -4.51. The van der Waals surface area contributed by atoms with E-state index >= 15 is 0 Å². The molecule has 0 atom stereocenters. The fourth-order valence-corrected chi connectivity index (χ4v) is 1.88. The zero-order valence-corrected chi connectivity index (χ0v) is 13.0. The Bertz CT molecular complexity index is 808. The lowest BCUT2D eigenvalue weighted by Gasteiger charge is -2.12. The molecule has 0 unspecified atom stereocenters. The molecule has 0 bridgehead atoms. The predicted molar refractivity (Wildman–Crippen MR) is 84.0 cm³/mol. The zero-order chi connectivity index (χ0) is 18.6. The molecule has 0 spiro atoms. The number of benzene rings is 1. The van der Waals surface area contributed by atoms with E-state index in [-0.39, 0.29) is 22.6 Å². The first-order chi connectivity index (χ1) is 11.7. The highest BCUT2D eigenvalue weighted by Crippen LogP contribution is 2.19. The molecule has 7 nitrogen and oxygen atoms in total. The van der Waals surface area contributed by atoms with Crippen molar-refractivity contribution in [2.45, 2.75) is 13.1 Å². The van der Waals surface area contributed by atoms with Gasteiger partial charge in [0, 0.05) is 17.4 Å². The summed E-state index contributed by atoms with van der Waals surface area (Å²) in [6.45, 7) is 0.219. The Balaban J connectivity index is 2.18. The Morgan fingerprint density at radius 1 is 1.24 bits per heavy atom. The maximum atomic E-state index is 12.2. The Labute approximate surface area is 140 Å². The second kappa shape index (κ2) is 7.16. The van der Waals surface area contributed by atoms with Gasteiger partial charge in [-0.15, -0.1) is 0 Å². The van der Waals surface area contributed by atoms with Gasteiger partial charge in [-0.1, -0.05) is 6.07 Å². The van der Waals surface area contributed by atoms with Crippen LogP contribution in [0.15, 0.2) is 30.7 Å². The number of carbonyl (C=O) groups excluding carboxylic acids is 2. The molecule has 4 N–H and O–H groups in total. The highest BCUT2D eigenvalue weighted by molar-refractivity contribution is 6.07.